The number of hydrogen-bond acceptors (Lipinski definition) is 3. The van der Waals surface area contributed by atoms with Crippen LogP contribution in [0.3, 0.4) is 0 Å². The van der Waals surface area contributed by atoms with E-state index in [-0.39, 0.29) is 11.9 Å². The van der Waals surface area contributed by atoms with Crippen LogP contribution >= 0.6 is 0 Å². The SMILES string of the molecule is CC(C)[C@@H](NC(=O)N1CCC(CN)C1)C(=O)O. The van der Waals surface area contributed by atoms with Crippen molar-refractivity contribution in [3.05, 3.63) is 0 Å². The first-order valence-corrected chi connectivity index (χ1v) is 5.94. The molecule has 1 fully saturated rings. The van der Waals surface area contributed by atoms with Gasteiger partial charge in [-0.2, -0.15) is 0 Å². The number of carbonyl (C=O) groups excluding carboxylic acids is 1. The molecule has 1 rings (SSSR count). The Balaban J connectivity index is 2.51. The van der Waals surface area contributed by atoms with Crippen molar-refractivity contribution in [2.24, 2.45) is 17.6 Å². The highest BCUT2D eigenvalue weighted by molar-refractivity contribution is 5.82. The van der Waals surface area contributed by atoms with Gasteiger partial charge in [0.05, 0.1) is 0 Å². The van der Waals surface area contributed by atoms with Crippen LogP contribution in [0.2, 0.25) is 0 Å². The van der Waals surface area contributed by atoms with Crippen LogP contribution < -0.4 is 11.1 Å². The highest BCUT2D eigenvalue weighted by atomic mass is 16.4. The highest BCUT2D eigenvalue weighted by Crippen LogP contribution is 2.15. The van der Waals surface area contributed by atoms with Gasteiger partial charge in [-0.05, 0) is 24.8 Å². The smallest absolute Gasteiger partial charge is 0.326 e. The lowest BCUT2D eigenvalue weighted by molar-refractivity contribution is -0.140. The molecule has 1 aliphatic heterocycles. The molecule has 0 aliphatic carbocycles. The Morgan fingerprint density at radius 2 is 2.18 bits per heavy atom. The van der Waals surface area contributed by atoms with E-state index in [1.165, 1.54) is 0 Å². The highest BCUT2D eigenvalue weighted by Gasteiger charge is 2.29. The number of carboxylic acid groups (broad SMARTS) is 1. The second kappa shape index (κ2) is 5.86. The normalized spacial score (nSPS) is 21.6. The zero-order valence-electron chi connectivity index (χ0n) is 10.3. The molecule has 0 aromatic carbocycles. The summed E-state index contributed by atoms with van der Waals surface area (Å²) >= 11 is 0. The third kappa shape index (κ3) is 3.59. The monoisotopic (exact) mass is 243 g/mol. The van der Waals surface area contributed by atoms with Crippen molar-refractivity contribution in [3.63, 3.8) is 0 Å². The third-order valence-electron chi connectivity index (χ3n) is 3.12. The van der Waals surface area contributed by atoms with E-state index in [0.29, 0.717) is 25.6 Å². The molecule has 0 saturated carbocycles. The molecule has 1 heterocycles. The fraction of sp³-hybridized carbons (Fsp3) is 0.818. The first kappa shape index (κ1) is 13.8. The largest absolute Gasteiger partial charge is 0.480 e. The van der Waals surface area contributed by atoms with Gasteiger partial charge in [-0.25, -0.2) is 9.59 Å². The third-order valence-corrected chi connectivity index (χ3v) is 3.12. The van der Waals surface area contributed by atoms with Crippen LogP contribution in [0.1, 0.15) is 20.3 Å². The Morgan fingerprint density at radius 3 is 2.59 bits per heavy atom. The van der Waals surface area contributed by atoms with Crippen LogP contribution in [0.5, 0.6) is 0 Å². The fourth-order valence-electron chi connectivity index (χ4n) is 1.95. The summed E-state index contributed by atoms with van der Waals surface area (Å²) in [7, 11) is 0. The lowest BCUT2D eigenvalue weighted by Crippen LogP contribution is -2.49. The second-order valence-corrected chi connectivity index (χ2v) is 4.85. The van der Waals surface area contributed by atoms with Crippen molar-refractivity contribution in [1.29, 1.82) is 0 Å². The number of nitrogens with one attached hydrogen (secondary N) is 1. The minimum Gasteiger partial charge on any atom is -0.480 e. The van der Waals surface area contributed by atoms with Crippen LogP contribution in [0.15, 0.2) is 0 Å². The zero-order chi connectivity index (χ0) is 13.0. The first-order chi connectivity index (χ1) is 7.95. The number of rotatable bonds is 4. The van der Waals surface area contributed by atoms with E-state index in [9.17, 15) is 9.59 Å². The summed E-state index contributed by atoms with van der Waals surface area (Å²) in [4.78, 5) is 24.4. The van der Waals surface area contributed by atoms with Crippen molar-refractivity contribution in [3.8, 4) is 0 Å². The summed E-state index contributed by atoms with van der Waals surface area (Å²) in [5.74, 6) is -0.796. The molecule has 1 saturated heterocycles. The van der Waals surface area contributed by atoms with Crippen LogP contribution in [0.25, 0.3) is 0 Å². The van der Waals surface area contributed by atoms with Gasteiger partial charge in [0.2, 0.25) is 0 Å². The topological polar surface area (TPSA) is 95.7 Å². The lowest BCUT2D eigenvalue weighted by atomic mass is 10.1. The number of carbonyl (C=O) groups is 2. The van der Waals surface area contributed by atoms with Crippen molar-refractivity contribution in [1.82, 2.24) is 10.2 Å². The van der Waals surface area contributed by atoms with Gasteiger partial charge in [-0.15, -0.1) is 0 Å². The Kier molecular flexibility index (Phi) is 4.74. The van der Waals surface area contributed by atoms with Gasteiger partial charge >= 0.3 is 12.0 Å². The maximum atomic E-state index is 11.8. The number of nitrogens with two attached hydrogens (primary N) is 1. The molecule has 0 bridgehead atoms. The maximum Gasteiger partial charge on any atom is 0.326 e. The van der Waals surface area contributed by atoms with Gasteiger partial charge in [0.25, 0.3) is 0 Å². The molecule has 1 unspecified atom stereocenters. The molecule has 0 spiro atoms. The molecule has 6 heteroatoms. The van der Waals surface area contributed by atoms with Crippen molar-refractivity contribution in [2.45, 2.75) is 26.3 Å². The molecule has 4 N–H and O–H groups in total. The van der Waals surface area contributed by atoms with E-state index in [0.717, 1.165) is 6.42 Å². The van der Waals surface area contributed by atoms with Gasteiger partial charge in [0.15, 0.2) is 0 Å². The predicted octanol–water partition coefficient (Wildman–Crippen LogP) is 0.0858. The molecular weight excluding hydrogens is 222 g/mol. The molecule has 98 valence electrons. The van der Waals surface area contributed by atoms with E-state index in [1.807, 2.05) is 0 Å². The van der Waals surface area contributed by atoms with Crippen LogP contribution in [0, 0.1) is 11.8 Å². The van der Waals surface area contributed by atoms with Crippen LogP contribution in [-0.2, 0) is 4.79 Å². The van der Waals surface area contributed by atoms with Crippen molar-refractivity contribution >= 4 is 12.0 Å². The second-order valence-electron chi connectivity index (χ2n) is 4.85. The van der Waals surface area contributed by atoms with Crippen molar-refractivity contribution in [2.75, 3.05) is 19.6 Å². The summed E-state index contributed by atoms with van der Waals surface area (Å²) in [5, 5.41) is 11.5. The average molecular weight is 243 g/mol. The van der Waals surface area contributed by atoms with Gasteiger partial charge in [-0.3, -0.25) is 0 Å². The van der Waals surface area contributed by atoms with E-state index < -0.39 is 12.0 Å². The van der Waals surface area contributed by atoms with Crippen molar-refractivity contribution < 1.29 is 14.7 Å². The van der Waals surface area contributed by atoms with Gasteiger partial charge < -0.3 is 21.1 Å². The number of amides is 2. The molecule has 17 heavy (non-hydrogen) atoms. The maximum absolute atomic E-state index is 11.8. The zero-order valence-corrected chi connectivity index (χ0v) is 10.3. The minimum absolute atomic E-state index is 0.135. The standard InChI is InChI=1S/C11H21N3O3/c1-7(2)9(10(15)16)13-11(17)14-4-3-8(5-12)6-14/h7-9H,3-6,12H2,1-2H3,(H,13,17)(H,15,16)/t8?,9-/m1/s1. The molecule has 1 aliphatic rings. The summed E-state index contributed by atoms with van der Waals surface area (Å²) < 4.78 is 0. The quantitative estimate of drug-likeness (QED) is 0.652. The lowest BCUT2D eigenvalue weighted by Gasteiger charge is -2.23. The Hall–Kier alpha value is -1.30. The van der Waals surface area contributed by atoms with E-state index in [4.69, 9.17) is 10.8 Å². The van der Waals surface area contributed by atoms with Gasteiger partial charge in [0.1, 0.15) is 6.04 Å². The van der Waals surface area contributed by atoms with Crippen LogP contribution in [0.4, 0.5) is 4.79 Å². The number of carboxylic acids is 1. The number of urea groups is 1. The Labute approximate surface area is 101 Å². The Morgan fingerprint density at radius 1 is 1.53 bits per heavy atom. The Bertz CT molecular complexity index is 294. The summed E-state index contributed by atoms with van der Waals surface area (Å²) in [6.45, 7) is 5.37. The predicted molar refractivity (Wildman–Crippen MR) is 63.5 cm³/mol. The number of hydrogen-bond donors (Lipinski definition) is 3. The molecule has 6 nitrogen and oxygen atoms in total. The molecule has 0 radical (unpaired) electrons. The number of aliphatic carboxylic acids is 1. The van der Waals surface area contributed by atoms with E-state index in [2.05, 4.69) is 5.32 Å². The molecule has 0 aromatic rings. The average Bonchev–Trinajstić information content (AvgIpc) is 2.73. The number of nitrogens with zero attached hydrogens (tertiary/aromatic N) is 1. The molecule has 0 aromatic heterocycles. The molecule has 2 amide bonds. The summed E-state index contributed by atoms with van der Waals surface area (Å²) in [5.41, 5.74) is 5.54. The first-order valence-electron chi connectivity index (χ1n) is 5.94. The van der Waals surface area contributed by atoms with Gasteiger partial charge in [-0.1, -0.05) is 13.8 Å². The van der Waals surface area contributed by atoms with E-state index in [1.54, 1.807) is 18.7 Å². The number of likely N-dealkylation sites (tertiary alicyclic amines) is 1. The van der Waals surface area contributed by atoms with Crippen LogP contribution in [-0.4, -0.2) is 47.7 Å². The minimum atomic E-state index is -0.997. The molecule has 2 atom stereocenters. The summed E-state index contributed by atoms with van der Waals surface area (Å²) in [6.07, 6.45) is 0.892. The van der Waals surface area contributed by atoms with E-state index >= 15 is 0 Å². The van der Waals surface area contributed by atoms with Gasteiger partial charge in [0, 0.05) is 13.1 Å². The molecular formula is C11H21N3O3. The fourth-order valence-corrected chi connectivity index (χ4v) is 1.95. The summed E-state index contributed by atoms with van der Waals surface area (Å²) in [6, 6.07) is -1.14.